The molecule has 0 radical (unpaired) electrons. The summed E-state index contributed by atoms with van der Waals surface area (Å²) in [6.07, 6.45) is 0.812. The highest BCUT2D eigenvalue weighted by Crippen LogP contribution is 2.37. The molecule has 0 saturated carbocycles. The number of anilines is 1. The molecular weight excluding hydrogens is 370 g/mol. The smallest absolute Gasteiger partial charge is 0.255 e. The standard InChI is InChI=1S/C16H13BrClNO3/c17-11-4-1-3-10(7-11)16(20)19-13-9-15-14(8-12(13)18)21-5-2-6-22-15/h1,3-4,7-9H,2,5-6H2,(H,19,20). The van der Waals surface area contributed by atoms with Gasteiger partial charge in [-0.25, -0.2) is 0 Å². The van der Waals surface area contributed by atoms with E-state index in [9.17, 15) is 4.79 Å². The Kier molecular flexibility index (Phi) is 4.55. The topological polar surface area (TPSA) is 47.6 Å². The first-order valence-corrected chi connectivity index (χ1v) is 7.96. The lowest BCUT2D eigenvalue weighted by molar-refractivity contribution is 0.102. The highest BCUT2D eigenvalue weighted by atomic mass is 79.9. The lowest BCUT2D eigenvalue weighted by Gasteiger charge is -2.12. The number of carbonyl (C=O) groups excluding carboxylic acids is 1. The van der Waals surface area contributed by atoms with Gasteiger partial charge in [-0.3, -0.25) is 4.79 Å². The van der Waals surface area contributed by atoms with Crippen LogP contribution in [0.4, 0.5) is 5.69 Å². The van der Waals surface area contributed by atoms with E-state index in [1.807, 2.05) is 6.07 Å². The minimum absolute atomic E-state index is 0.238. The molecule has 1 aliphatic heterocycles. The van der Waals surface area contributed by atoms with Gasteiger partial charge < -0.3 is 14.8 Å². The van der Waals surface area contributed by atoms with Crippen LogP contribution in [0.25, 0.3) is 0 Å². The van der Waals surface area contributed by atoms with Crippen LogP contribution in [0.3, 0.4) is 0 Å². The average Bonchev–Trinajstić information content (AvgIpc) is 2.72. The summed E-state index contributed by atoms with van der Waals surface area (Å²) in [5.74, 6) is 0.951. The van der Waals surface area contributed by atoms with E-state index in [0.29, 0.717) is 41.0 Å². The maximum atomic E-state index is 12.3. The molecule has 0 bridgehead atoms. The van der Waals surface area contributed by atoms with Gasteiger partial charge in [-0.05, 0) is 18.2 Å². The van der Waals surface area contributed by atoms with Crippen LogP contribution in [0.1, 0.15) is 16.8 Å². The Labute approximate surface area is 141 Å². The van der Waals surface area contributed by atoms with E-state index in [2.05, 4.69) is 21.2 Å². The number of rotatable bonds is 2. The second-order valence-corrected chi connectivity index (χ2v) is 6.12. The van der Waals surface area contributed by atoms with Gasteiger partial charge in [-0.15, -0.1) is 0 Å². The summed E-state index contributed by atoms with van der Waals surface area (Å²) >= 11 is 9.56. The zero-order valence-electron chi connectivity index (χ0n) is 11.6. The summed E-state index contributed by atoms with van der Waals surface area (Å²) < 4.78 is 12.0. The van der Waals surface area contributed by atoms with Gasteiger partial charge in [0.05, 0.1) is 23.9 Å². The van der Waals surface area contributed by atoms with Gasteiger partial charge in [0.15, 0.2) is 11.5 Å². The zero-order valence-corrected chi connectivity index (χ0v) is 13.9. The molecule has 0 spiro atoms. The molecule has 0 aliphatic carbocycles. The second kappa shape index (κ2) is 6.58. The first kappa shape index (κ1) is 15.2. The summed E-state index contributed by atoms with van der Waals surface area (Å²) in [5.41, 5.74) is 1.04. The Hall–Kier alpha value is -1.72. The molecule has 1 aliphatic rings. The number of amides is 1. The molecule has 6 heteroatoms. The first-order valence-electron chi connectivity index (χ1n) is 6.79. The Bertz CT molecular complexity index is 721. The summed E-state index contributed by atoms with van der Waals surface area (Å²) in [6.45, 7) is 1.17. The quantitative estimate of drug-likeness (QED) is 0.831. The molecule has 114 valence electrons. The third-order valence-electron chi connectivity index (χ3n) is 3.17. The van der Waals surface area contributed by atoms with Gasteiger partial charge in [0.1, 0.15) is 0 Å². The number of nitrogens with one attached hydrogen (secondary N) is 1. The fourth-order valence-electron chi connectivity index (χ4n) is 2.10. The Morgan fingerprint density at radius 2 is 1.86 bits per heavy atom. The van der Waals surface area contributed by atoms with Crippen molar-refractivity contribution in [1.29, 1.82) is 0 Å². The summed E-state index contributed by atoms with van der Waals surface area (Å²) in [7, 11) is 0. The number of hydrogen-bond donors (Lipinski definition) is 1. The van der Waals surface area contributed by atoms with Crippen LogP contribution in [0.2, 0.25) is 5.02 Å². The molecule has 22 heavy (non-hydrogen) atoms. The number of fused-ring (bicyclic) bond motifs is 1. The summed E-state index contributed by atoms with van der Waals surface area (Å²) in [4.78, 5) is 12.3. The molecule has 0 saturated heterocycles. The van der Waals surface area contributed by atoms with Gasteiger partial charge in [0.2, 0.25) is 0 Å². The van der Waals surface area contributed by atoms with E-state index in [1.165, 1.54) is 0 Å². The van der Waals surface area contributed by atoms with Crippen LogP contribution < -0.4 is 14.8 Å². The van der Waals surface area contributed by atoms with Crippen LogP contribution in [0.5, 0.6) is 11.5 Å². The van der Waals surface area contributed by atoms with Crippen LogP contribution >= 0.6 is 27.5 Å². The van der Waals surface area contributed by atoms with Crippen molar-refractivity contribution in [1.82, 2.24) is 0 Å². The fourth-order valence-corrected chi connectivity index (χ4v) is 2.70. The lowest BCUT2D eigenvalue weighted by atomic mass is 10.2. The van der Waals surface area contributed by atoms with Gasteiger partial charge in [0.25, 0.3) is 5.91 Å². The van der Waals surface area contributed by atoms with Crippen molar-refractivity contribution in [3.05, 3.63) is 51.5 Å². The Morgan fingerprint density at radius 1 is 1.14 bits per heavy atom. The van der Waals surface area contributed by atoms with Crippen molar-refractivity contribution in [2.24, 2.45) is 0 Å². The van der Waals surface area contributed by atoms with E-state index in [0.717, 1.165) is 10.9 Å². The van der Waals surface area contributed by atoms with Crippen molar-refractivity contribution in [3.63, 3.8) is 0 Å². The second-order valence-electron chi connectivity index (χ2n) is 4.79. The molecule has 1 N–H and O–H groups in total. The minimum atomic E-state index is -0.238. The molecule has 0 fully saturated rings. The van der Waals surface area contributed by atoms with Crippen LogP contribution in [-0.4, -0.2) is 19.1 Å². The number of carbonyl (C=O) groups is 1. The van der Waals surface area contributed by atoms with E-state index in [4.69, 9.17) is 21.1 Å². The molecule has 4 nitrogen and oxygen atoms in total. The average molecular weight is 383 g/mol. The van der Waals surface area contributed by atoms with E-state index < -0.39 is 0 Å². The van der Waals surface area contributed by atoms with Crippen LogP contribution in [0.15, 0.2) is 40.9 Å². The molecular formula is C16H13BrClNO3. The minimum Gasteiger partial charge on any atom is -0.490 e. The number of ether oxygens (including phenoxy) is 2. The normalized spacial score (nSPS) is 13.4. The molecule has 2 aromatic carbocycles. The van der Waals surface area contributed by atoms with Gasteiger partial charge in [-0.2, -0.15) is 0 Å². The predicted molar refractivity (Wildman–Crippen MR) is 89.2 cm³/mol. The largest absolute Gasteiger partial charge is 0.490 e. The van der Waals surface area contributed by atoms with E-state index in [1.54, 1.807) is 30.3 Å². The van der Waals surface area contributed by atoms with Gasteiger partial charge in [0, 0.05) is 28.6 Å². The Morgan fingerprint density at radius 3 is 2.59 bits per heavy atom. The molecule has 1 amide bonds. The van der Waals surface area contributed by atoms with Crippen LogP contribution in [0, 0.1) is 0 Å². The first-order chi connectivity index (χ1) is 10.6. The molecule has 3 rings (SSSR count). The third kappa shape index (κ3) is 3.36. The number of halogens is 2. The highest BCUT2D eigenvalue weighted by Gasteiger charge is 2.16. The predicted octanol–water partition coefficient (Wildman–Crippen LogP) is 4.52. The third-order valence-corrected chi connectivity index (χ3v) is 3.98. The zero-order chi connectivity index (χ0) is 15.5. The SMILES string of the molecule is O=C(Nc1cc2c(cc1Cl)OCCCO2)c1cccc(Br)c1. The van der Waals surface area contributed by atoms with Crippen molar-refractivity contribution in [2.75, 3.05) is 18.5 Å². The molecule has 0 atom stereocenters. The summed E-state index contributed by atoms with van der Waals surface area (Å²) in [6, 6.07) is 10.5. The van der Waals surface area contributed by atoms with Gasteiger partial charge in [-0.1, -0.05) is 33.6 Å². The summed E-state index contributed by atoms with van der Waals surface area (Å²) in [5, 5.41) is 3.21. The van der Waals surface area contributed by atoms with Gasteiger partial charge >= 0.3 is 0 Å². The molecule has 0 unspecified atom stereocenters. The van der Waals surface area contributed by atoms with Crippen molar-refractivity contribution >= 4 is 39.1 Å². The maximum absolute atomic E-state index is 12.3. The Balaban J connectivity index is 1.86. The maximum Gasteiger partial charge on any atom is 0.255 e. The number of benzene rings is 2. The van der Waals surface area contributed by atoms with E-state index >= 15 is 0 Å². The number of hydrogen-bond acceptors (Lipinski definition) is 3. The van der Waals surface area contributed by atoms with E-state index in [-0.39, 0.29) is 5.91 Å². The molecule has 2 aromatic rings. The highest BCUT2D eigenvalue weighted by molar-refractivity contribution is 9.10. The van der Waals surface area contributed by atoms with Crippen LogP contribution in [-0.2, 0) is 0 Å². The van der Waals surface area contributed by atoms with Crippen molar-refractivity contribution in [3.8, 4) is 11.5 Å². The fraction of sp³-hybridized carbons (Fsp3) is 0.188. The van der Waals surface area contributed by atoms with Crippen molar-refractivity contribution in [2.45, 2.75) is 6.42 Å². The molecule has 0 aromatic heterocycles. The monoisotopic (exact) mass is 381 g/mol. The lowest BCUT2D eigenvalue weighted by Crippen LogP contribution is -2.12. The molecule has 1 heterocycles. The van der Waals surface area contributed by atoms with Crippen molar-refractivity contribution < 1.29 is 14.3 Å².